The molecular weight excluding hydrogens is 180 g/mol. The lowest BCUT2D eigenvalue weighted by molar-refractivity contribution is -0.143. The van der Waals surface area contributed by atoms with E-state index in [0.717, 1.165) is 25.7 Å². The van der Waals surface area contributed by atoms with Crippen molar-refractivity contribution in [1.82, 2.24) is 0 Å². The maximum atomic E-state index is 10.9. The summed E-state index contributed by atoms with van der Waals surface area (Å²) < 4.78 is 0. The summed E-state index contributed by atoms with van der Waals surface area (Å²) in [4.78, 5) is 10.9. The van der Waals surface area contributed by atoms with Crippen LogP contribution in [0.4, 0.5) is 0 Å². The number of aliphatic carboxylic acids is 1. The van der Waals surface area contributed by atoms with E-state index in [4.69, 9.17) is 5.11 Å². The van der Waals surface area contributed by atoms with Crippen LogP contribution in [0.15, 0.2) is 0 Å². The predicted octanol–water partition coefficient (Wildman–Crippen LogP) is 2.04. The molecule has 0 aromatic rings. The molecule has 1 saturated carbocycles. The minimum Gasteiger partial charge on any atom is -0.481 e. The van der Waals surface area contributed by atoms with Crippen LogP contribution in [0.1, 0.15) is 45.4 Å². The van der Waals surface area contributed by atoms with E-state index in [1.165, 1.54) is 0 Å². The largest absolute Gasteiger partial charge is 0.481 e. The second kappa shape index (κ2) is 5.35. The molecule has 0 aromatic carbocycles. The SMILES string of the molecule is CCCCC[C@@H]1[C@@H](C(=O)O)CC[C@@H]1O. The Bertz CT molecular complexity index is 191. The van der Waals surface area contributed by atoms with Crippen molar-refractivity contribution < 1.29 is 15.0 Å². The van der Waals surface area contributed by atoms with Crippen LogP contribution < -0.4 is 0 Å². The Morgan fingerprint density at radius 2 is 2.07 bits per heavy atom. The van der Waals surface area contributed by atoms with Gasteiger partial charge < -0.3 is 10.2 Å². The molecule has 3 nitrogen and oxygen atoms in total. The number of hydrogen-bond donors (Lipinski definition) is 2. The number of aliphatic hydroxyl groups is 1. The van der Waals surface area contributed by atoms with Gasteiger partial charge in [-0.3, -0.25) is 4.79 Å². The zero-order chi connectivity index (χ0) is 10.6. The van der Waals surface area contributed by atoms with Crippen molar-refractivity contribution in [2.24, 2.45) is 11.8 Å². The normalized spacial score (nSPS) is 32.0. The molecule has 0 radical (unpaired) electrons. The fourth-order valence-corrected chi connectivity index (χ4v) is 2.38. The van der Waals surface area contributed by atoms with E-state index in [9.17, 15) is 9.90 Å². The highest BCUT2D eigenvalue weighted by molar-refractivity contribution is 5.70. The van der Waals surface area contributed by atoms with Crippen LogP contribution >= 0.6 is 0 Å². The molecule has 0 spiro atoms. The highest BCUT2D eigenvalue weighted by atomic mass is 16.4. The third-order valence-corrected chi connectivity index (χ3v) is 3.24. The van der Waals surface area contributed by atoms with Crippen molar-refractivity contribution in [1.29, 1.82) is 0 Å². The van der Waals surface area contributed by atoms with Gasteiger partial charge in [-0.25, -0.2) is 0 Å². The van der Waals surface area contributed by atoms with Crippen molar-refractivity contribution in [3.8, 4) is 0 Å². The molecule has 0 amide bonds. The Kier molecular flexibility index (Phi) is 4.39. The highest BCUT2D eigenvalue weighted by Gasteiger charge is 2.38. The van der Waals surface area contributed by atoms with E-state index in [0.29, 0.717) is 12.8 Å². The summed E-state index contributed by atoms with van der Waals surface area (Å²) in [7, 11) is 0. The maximum absolute atomic E-state index is 10.9. The molecule has 0 aromatic heterocycles. The van der Waals surface area contributed by atoms with Gasteiger partial charge in [-0.15, -0.1) is 0 Å². The Morgan fingerprint density at radius 1 is 1.36 bits per heavy atom. The minimum absolute atomic E-state index is 0.000880. The Balaban J connectivity index is 2.41. The summed E-state index contributed by atoms with van der Waals surface area (Å²) in [5, 5.41) is 18.6. The first-order chi connectivity index (χ1) is 6.66. The lowest BCUT2D eigenvalue weighted by Gasteiger charge is -2.18. The smallest absolute Gasteiger partial charge is 0.306 e. The maximum Gasteiger partial charge on any atom is 0.306 e. The molecule has 1 aliphatic carbocycles. The van der Waals surface area contributed by atoms with Gasteiger partial charge in [-0.1, -0.05) is 26.2 Å². The fourth-order valence-electron chi connectivity index (χ4n) is 2.38. The zero-order valence-electron chi connectivity index (χ0n) is 8.78. The van der Waals surface area contributed by atoms with E-state index in [2.05, 4.69) is 6.92 Å². The highest BCUT2D eigenvalue weighted by Crippen LogP contribution is 2.35. The average molecular weight is 200 g/mol. The molecule has 3 heteroatoms. The lowest BCUT2D eigenvalue weighted by Crippen LogP contribution is -2.24. The molecule has 1 fully saturated rings. The fraction of sp³-hybridized carbons (Fsp3) is 0.909. The lowest BCUT2D eigenvalue weighted by atomic mass is 9.89. The number of unbranched alkanes of at least 4 members (excludes halogenated alkanes) is 2. The molecule has 82 valence electrons. The Hall–Kier alpha value is -0.570. The van der Waals surface area contributed by atoms with Gasteiger partial charge in [-0.05, 0) is 25.2 Å². The molecule has 0 bridgehead atoms. The first-order valence-electron chi connectivity index (χ1n) is 5.57. The second-order valence-corrected chi connectivity index (χ2v) is 4.25. The molecule has 2 N–H and O–H groups in total. The second-order valence-electron chi connectivity index (χ2n) is 4.25. The number of carboxylic acid groups (broad SMARTS) is 1. The standard InChI is InChI=1S/C11H20O3/c1-2-3-4-5-8-9(11(13)14)6-7-10(8)12/h8-10,12H,2-7H2,1H3,(H,13,14)/t8-,9+,10+/m1/s1. The van der Waals surface area contributed by atoms with Crippen LogP contribution in [0.5, 0.6) is 0 Å². The molecule has 1 rings (SSSR count). The molecule has 0 aliphatic heterocycles. The number of carboxylic acids is 1. The molecular formula is C11H20O3. The van der Waals surface area contributed by atoms with Crippen LogP contribution in [-0.2, 0) is 4.79 Å². The molecule has 3 atom stereocenters. The molecule has 0 saturated heterocycles. The van der Waals surface area contributed by atoms with Crippen LogP contribution in [0.3, 0.4) is 0 Å². The molecule has 0 unspecified atom stereocenters. The molecule has 0 heterocycles. The van der Waals surface area contributed by atoms with Gasteiger partial charge in [0.05, 0.1) is 12.0 Å². The summed E-state index contributed by atoms with van der Waals surface area (Å²) in [6.07, 6.45) is 5.11. The van der Waals surface area contributed by atoms with Crippen molar-refractivity contribution in [2.75, 3.05) is 0 Å². The summed E-state index contributed by atoms with van der Waals surface area (Å²) in [6, 6.07) is 0. The average Bonchev–Trinajstić information content (AvgIpc) is 2.48. The van der Waals surface area contributed by atoms with Gasteiger partial charge >= 0.3 is 5.97 Å². The van der Waals surface area contributed by atoms with E-state index in [1.807, 2.05) is 0 Å². The number of hydrogen-bond acceptors (Lipinski definition) is 2. The number of aliphatic hydroxyl groups excluding tert-OH is 1. The predicted molar refractivity (Wildman–Crippen MR) is 54.0 cm³/mol. The quantitative estimate of drug-likeness (QED) is 0.668. The summed E-state index contributed by atoms with van der Waals surface area (Å²) in [6.45, 7) is 2.12. The van der Waals surface area contributed by atoms with Crippen molar-refractivity contribution in [2.45, 2.75) is 51.6 Å². The molecule has 1 aliphatic rings. The number of carbonyl (C=O) groups is 1. The van der Waals surface area contributed by atoms with Crippen LogP contribution in [0.25, 0.3) is 0 Å². The Morgan fingerprint density at radius 3 is 2.64 bits per heavy atom. The van der Waals surface area contributed by atoms with Gasteiger partial charge in [0.1, 0.15) is 0 Å². The monoisotopic (exact) mass is 200 g/mol. The van der Waals surface area contributed by atoms with Gasteiger partial charge in [0.15, 0.2) is 0 Å². The van der Waals surface area contributed by atoms with E-state index in [1.54, 1.807) is 0 Å². The first kappa shape index (κ1) is 11.5. The third kappa shape index (κ3) is 2.71. The summed E-state index contributed by atoms with van der Waals surface area (Å²) >= 11 is 0. The van der Waals surface area contributed by atoms with E-state index in [-0.39, 0.29) is 17.9 Å². The van der Waals surface area contributed by atoms with Crippen LogP contribution in [0.2, 0.25) is 0 Å². The van der Waals surface area contributed by atoms with Crippen molar-refractivity contribution in [3.05, 3.63) is 0 Å². The van der Waals surface area contributed by atoms with Gasteiger partial charge in [0, 0.05) is 0 Å². The van der Waals surface area contributed by atoms with Crippen molar-refractivity contribution in [3.63, 3.8) is 0 Å². The van der Waals surface area contributed by atoms with Gasteiger partial charge in [0.25, 0.3) is 0 Å². The van der Waals surface area contributed by atoms with Crippen LogP contribution in [-0.4, -0.2) is 22.3 Å². The summed E-state index contributed by atoms with van der Waals surface area (Å²) in [5.74, 6) is -1.04. The van der Waals surface area contributed by atoms with E-state index >= 15 is 0 Å². The third-order valence-electron chi connectivity index (χ3n) is 3.24. The van der Waals surface area contributed by atoms with Gasteiger partial charge in [-0.2, -0.15) is 0 Å². The first-order valence-corrected chi connectivity index (χ1v) is 5.57. The van der Waals surface area contributed by atoms with Crippen molar-refractivity contribution >= 4 is 5.97 Å². The van der Waals surface area contributed by atoms with E-state index < -0.39 is 5.97 Å². The Labute approximate surface area is 85.1 Å². The minimum atomic E-state index is -0.733. The van der Waals surface area contributed by atoms with Crippen LogP contribution in [0, 0.1) is 11.8 Å². The topological polar surface area (TPSA) is 57.5 Å². The van der Waals surface area contributed by atoms with Gasteiger partial charge in [0.2, 0.25) is 0 Å². The number of rotatable bonds is 5. The molecule has 14 heavy (non-hydrogen) atoms. The zero-order valence-corrected chi connectivity index (χ0v) is 8.78. The summed E-state index contributed by atoms with van der Waals surface area (Å²) in [5.41, 5.74) is 0.